The summed E-state index contributed by atoms with van der Waals surface area (Å²) in [4.78, 5) is 0. The van der Waals surface area contributed by atoms with Crippen LogP contribution in [0.5, 0.6) is 0 Å². The van der Waals surface area contributed by atoms with Crippen LogP contribution >= 0.6 is 27.3 Å². The number of hydrogen-bond donors (Lipinski definition) is 1. The van der Waals surface area contributed by atoms with E-state index in [1.165, 1.54) is 12.1 Å². The molecule has 0 atom stereocenters. The standard InChI is InChI=1S/C12H8BrFN2S/c13-12-3-8(7-17-12)6-16-10-1-2-11(14)9(4-10)5-15/h1-4,7,16H,6H2. The van der Waals surface area contributed by atoms with Gasteiger partial charge < -0.3 is 5.32 Å². The molecule has 1 aromatic heterocycles. The van der Waals surface area contributed by atoms with Crippen LogP contribution in [0.15, 0.2) is 33.4 Å². The summed E-state index contributed by atoms with van der Waals surface area (Å²) in [5.74, 6) is -0.490. The summed E-state index contributed by atoms with van der Waals surface area (Å²) in [6.07, 6.45) is 0. The average Bonchev–Trinajstić information content (AvgIpc) is 2.74. The predicted molar refractivity (Wildman–Crippen MR) is 70.5 cm³/mol. The Morgan fingerprint density at radius 2 is 2.24 bits per heavy atom. The number of halogens is 2. The first-order valence-electron chi connectivity index (χ1n) is 4.85. The molecule has 0 radical (unpaired) electrons. The number of benzene rings is 1. The van der Waals surface area contributed by atoms with Crippen LogP contribution in [0, 0.1) is 17.1 Å². The largest absolute Gasteiger partial charge is 0.381 e. The van der Waals surface area contributed by atoms with E-state index in [9.17, 15) is 4.39 Å². The molecule has 0 amide bonds. The molecule has 0 saturated carbocycles. The fourth-order valence-corrected chi connectivity index (χ4v) is 2.57. The lowest BCUT2D eigenvalue weighted by atomic mass is 10.2. The van der Waals surface area contributed by atoms with Gasteiger partial charge in [0.2, 0.25) is 0 Å². The molecule has 1 aromatic carbocycles. The minimum atomic E-state index is -0.490. The molecular weight excluding hydrogens is 303 g/mol. The van der Waals surface area contributed by atoms with Gasteiger partial charge in [-0.1, -0.05) is 0 Å². The van der Waals surface area contributed by atoms with Gasteiger partial charge >= 0.3 is 0 Å². The second kappa shape index (κ2) is 5.30. The highest BCUT2D eigenvalue weighted by Gasteiger charge is 2.03. The van der Waals surface area contributed by atoms with E-state index in [1.807, 2.05) is 17.5 Å². The third-order valence-corrected chi connectivity index (χ3v) is 3.76. The molecular formula is C12H8BrFN2S. The van der Waals surface area contributed by atoms with Gasteiger partial charge in [0.25, 0.3) is 0 Å². The van der Waals surface area contributed by atoms with Crippen molar-refractivity contribution >= 4 is 33.0 Å². The van der Waals surface area contributed by atoms with Crippen molar-refractivity contribution in [3.05, 3.63) is 50.4 Å². The minimum Gasteiger partial charge on any atom is -0.381 e. The third-order valence-electron chi connectivity index (χ3n) is 2.21. The number of nitriles is 1. The molecule has 0 unspecified atom stereocenters. The molecule has 2 rings (SSSR count). The molecule has 86 valence electrons. The normalized spacial score (nSPS) is 9.94. The summed E-state index contributed by atoms with van der Waals surface area (Å²) >= 11 is 5.00. The second-order valence-corrected chi connectivity index (χ2v) is 5.71. The molecule has 0 aliphatic rings. The average molecular weight is 311 g/mol. The molecule has 5 heteroatoms. The van der Waals surface area contributed by atoms with Crippen molar-refractivity contribution in [2.45, 2.75) is 6.54 Å². The van der Waals surface area contributed by atoms with Gasteiger partial charge in [0.05, 0.1) is 9.35 Å². The van der Waals surface area contributed by atoms with Crippen molar-refractivity contribution in [3.63, 3.8) is 0 Å². The Labute approximate surface area is 111 Å². The summed E-state index contributed by atoms with van der Waals surface area (Å²) in [6.45, 7) is 0.651. The van der Waals surface area contributed by atoms with Gasteiger partial charge in [-0.05, 0) is 51.1 Å². The minimum absolute atomic E-state index is 0.0569. The Kier molecular flexibility index (Phi) is 3.77. The number of nitrogens with one attached hydrogen (secondary N) is 1. The molecule has 0 fully saturated rings. The number of nitrogens with zero attached hydrogens (tertiary/aromatic N) is 1. The van der Waals surface area contributed by atoms with Crippen molar-refractivity contribution in [2.24, 2.45) is 0 Å². The third kappa shape index (κ3) is 3.05. The van der Waals surface area contributed by atoms with Gasteiger partial charge in [0, 0.05) is 12.2 Å². The number of rotatable bonds is 3. The maximum Gasteiger partial charge on any atom is 0.141 e. The molecule has 0 bridgehead atoms. The van der Waals surface area contributed by atoms with E-state index in [1.54, 1.807) is 17.4 Å². The quantitative estimate of drug-likeness (QED) is 0.925. The highest BCUT2D eigenvalue weighted by atomic mass is 79.9. The first kappa shape index (κ1) is 12.1. The Morgan fingerprint density at radius 1 is 1.41 bits per heavy atom. The summed E-state index contributed by atoms with van der Waals surface area (Å²) in [6, 6.07) is 8.27. The topological polar surface area (TPSA) is 35.8 Å². The van der Waals surface area contributed by atoms with Gasteiger partial charge in [-0.25, -0.2) is 4.39 Å². The lowest BCUT2D eigenvalue weighted by molar-refractivity contribution is 0.624. The second-order valence-electron chi connectivity index (χ2n) is 3.42. The highest BCUT2D eigenvalue weighted by Crippen LogP contribution is 2.22. The fraction of sp³-hybridized carbons (Fsp3) is 0.0833. The maximum atomic E-state index is 13.1. The molecule has 2 aromatic rings. The van der Waals surface area contributed by atoms with Crippen molar-refractivity contribution < 1.29 is 4.39 Å². The fourth-order valence-electron chi connectivity index (χ4n) is 1.36. The monoisotopic (exact) mass is 310 g/mol. The molecule has 1 N–H and O–H groups in total. The van der Waals surface area contributed by atoms with Crippen LogP contribution in [-0.4, -0.2) is 0 Å². The van der Waals surface area contributed by atoms with E-state index in [-0.39, 0.29) is 5.56 Å². The lowest BCUT2D eigenvalue weighted by Gasteiger charge is -2.05. The summed E-state index contributed by atoms with van der Waals surface area (Å²) in [7, 11) is 0. The smallest absolute Gasteiger partial charge is 0.141 e. The lowest BCUT2D eigenvalue weighted by Crippen LogP contribution is -1.98. The van der Waals surface area contributed by atoms with Gasteiger partial charge in [-0.3, -0.25) is 0 Å². The summed E-state index contributed by atoms with van der Waals surface area (Å²) in [5, 5.41) is 13.9. The van der Waals surface area contributed by atoms with Crippen LogP contribution in [-0.2, 0) is 6.54 Å². The van der Waals surface area contributed by atoms with Crippen LogP contribution in [0.2, 0.25) is 0 Å². The zero-order chi connectivity index (χ0) is 12.3. The van der Waals surface area contributed by atoms with Gasteiger partial charge in [0.1, 0.15) is 11.9 Å². The highest BCUT2D eigenvalue weighted by molar-refractivity contribution is 9.11. The van der Waals surface area contributed by atoms with Crippen molar-refractivity contribution in [2.75, 3.05) is 5.32 Å². The van der Waals surface area contributed by atoms with Gasteiger partial charge in [-0.2, -0.15) is 5.26 Å². The molecule has 1 heterocycles. The van der Waals surface area contributed by atoms with Crippen LogP contribution in [0.3, 0.4) is 0 Å². The zero-order valence-electron chi connectivity index (χ0n) is 8.71. The van der Waals surface area contributed by atoms with E-state index in [0.29, 0.717) is 6.54 Å². The number of anilines is 1. The van der Waals surface area contributed by atoms with Crippen LogP contribution < -0.4 is 5.32 Å². The number of thiophene rings is 1. The zero-order valence-corrected chi connectivity index (χ0v) is 11.1. The first-order valence-corrected chi connectivity index (χ1v) is 6.53. The van der Waals surface area contributed by atoms with Crippen LogP contribution in [0.25, 0.3) is 0 Å². The van der Waals surface area contributed by atoms with E-state index in [4.69, 9.17) is 5.26 Å². The van der Waals surface area contributed by atoms with Crippen LogP contribution in [0.4, 0.5) is 10.1 Å². The van der Waals surface area contributed by atoms with Crippen LogP contribution in [0.1, 0.15) is 11.1 Å². The molecule has 0 aliphatic carbocycles. The molecule has 0 spiro atoms. The molecule has 0 saturated heterocycles. The van der Waals surface area contributed by atoms with Crippen molar-refractivity contribution in [3.8, 4) is 6.07 Å². The van der Waals surface area contributed by atoms with E-state index in [0.717, 1.165) is 15.0 Å². The molecule has 2 nitrogen and oxygen atoms in total. The molecule has 0 aliphatic heterocycles. The Hall–Kier alpha value is -1.38. The Balaban J connectivity index is 2.07. The molecule has 17 heavy (non-hydrogen) atoms. The van der Waals surface area contributed by atoms with Crippen molar-refractivity contribution in [1.29, 1.82) is 5.26 Å². The maximum absolute atomic E-state index is 13.1. The Morgan fingerprint density at radius 3 is 2.88 bits per heavy atom. The van der Waals surface area contributed by atoms with Gasteiger partial charge in [-0.15, -0.1) is 11.3 Å². The Bertz CT molecular complexity index is 574. The number of hydrogen-bond acceptors (Lipinski definition) is 3. The van der Waals surface area contributed by atoms with E-state index < -0.39 is 5.82 Å². The van der Waals surface area contributed by atoms with Crippen molar-refractivity contribution in [1.82, 2.24) is 0 Å². The SMILES string of the molecule is N#Cc1cc(NCc2csc(Br)c2)ccc1F. The van der Waals surface area contributed by atoms with E-state index in [2.05, 4.69) is 21.2 Å². The predicted octanol–water partition coefficient (Wildman–Crippen LogP) is 4.13. The summed E-state index contributed by atoms with van der Waals surface area (Å²) in [5.41, 5.74) is 1.94. The summed E-state index contributed by atoms with van der Waals surface area (Å²) < 4.78 is 14.2. The first-order chi connectivity index (χ1) is 8.19. The van der Waals surface area contributed by atoms with E-state index >= 15 is 0 Å². The van der Waals surface area contributed by atoms with Gasteiger partial charge in [0.15, 0.2) is 0 Å².